The van der Waals surface area contributed by atoms with Gasteiger partial charge in [-0.25, -0.2) is 4.68 Å². The van der Waals surface area contributed by atoms with Crippen LogP contribution in [0.15, 0.2) is 66.0 Å². The molecule has 1 aromatic carbocycles. The fraction of sp³-hybridized carbons (Fsp3) is 0.158. The van der Waals surface area contributed by atoms with E-state index in [0.717, 1.165) is 22.2 Å². The molecule has 7 nitrogen and oxygen atoms in total. The van der Waals surface area contributed by atoms with E-state index in [9.17, 15) is 4.79 Å². The van der Waals surface area contributed by atoms with Gasteiger partial charge in [0.05, 0.1) is 24.0 Å². The van der Waals surface area contributed by atoms with Crippen LogP contribution in [0.1, 0.15) is 18.5 Å². The summed E-state index contributed by atoms with van der Waals surface area (Å²) in [5, 5.41) is 12.8. The molecule has 0 fully saturated rings. The Morgan fingerprint density at radius 1 is 1.19 bits per heavy atom. The summed E-state index contributed by atoms with van der Waals surface area (Å²) in [5.41, 5.74) is 2.64. The van der Waals surface area contributed by atoms with E-state index in [1.165, 1.54) is 6.07 Å². The standard InChI is InChI=1S/C19H18N6O/c1-13(14-5-6-17-15(10-14)4-3-8-20-17)22-19-18(26)7-9-25(23-19)16-11-21-24(2)12-16/h3-13H,1-2H3,(H,22,23). The summed E-state index contributed by atoms with van der Waals surface area (Å²) in [6.45, 7) is 2.00. The molecule has 1 atom stereocenters. The van der Waals surface area contributed by atoms with Gasteiger partial charge in [0.2, 0.25) is 5.43 Å². The van der Waals surface area contributed by atoms with Gasteiger partial charge in [-0.2, -0.15) is 5.10 Å². The van der Waals surface area contributed by atoms with Crippen LogP contribution < -0.4 is 10.7 Å². The molecule has 0 aliphatic carbocycles. The molecule has 3 heterocycles. The fourth-order valence-corrected chi connectivity index (χ4v) is 2.83. The highest BCUT2D eigenvalue weighted by Crippen LogP contribution is 2.21. The van der Waals surface area contributed by atoms with E-state index in [1.807, 2.05) is 44.4 Å². The van der Waals surface area contributed by atoms with Crippen molar-refractivity contribution in [3.8, 4) is 5.69 Å². The zero-order valence-electron chi connectivity index (χ0n) is 14.5. The largest absolute Gasteiger partial charge is 0.359 e. The third-order valence-corrected chi connectivity index (χ3v) is 4.24. The third-order valence-electron chi connectivity index (χ3n) is 4.24. The smallest absolute Gasteiger partial charge is 0.224 e. The number of aryl methyl sites for hydroxylation is 1. The average molecular weight is 346 g/mol. The molecule has 3 aromatic heterocycles. The zero-order valence-corrected chi connectivity index (χ0v) is 14.5. The molecule has 7 heteroatoms. The summed E-state index contributed by atoms with van der Waals surface area (Å²) < 4.78 is 3.32. The molecule has 0 aliphatic heterocycles. The molecular weight excluding hydrogens is 328 g/mol. The zero-order chi connectivity index (χ0) is 18.1. The Bertz CT molecular complexity index is 1130. The van der Waals surface area contributed by atoms with Gasteiger partial charge >= 0.3 is 0 Å². The fourth-order valence-electron chi connectivity index (χ4n) is 2.83. The predicted octanol–water partition coefficient (Wildman–Crippen LogP) is 2.69. The third kappa shape index (κ3) is 3.06. The van der Waals surface area contributed by atoms with Crippen molar-refractivity contribution >= 4 is 16.7 Å². The lowest BCUT2D eigenvalue weighted by Gasteiger charge is -2.15. The summed E-state index contributed by atoms with van der Waals surface area (Å²) in [6, 6.07) is 11.4. The van der Waals surface area contributed by atoms with E-state index in [-0.39, 0.29) is 11.5 Å². The maximum Gasteiger partial charge on any atom is 0.224 e. The molecular formula is C19H18N6O. The lowest BCUT2D eigenvalue weighted by molar-refractivity contribution is 0.764. The van der Waals surface area contributed by atoms with Crippen LogP contribution in [0, 0.1) is 0 Å². The van der Waals surface area contributed by atoms with E-state index < -0.39 is 0 Å². The maximum atomic E-state index is 12.2. The second kappa shape index (κ2) is 6.44. The molecule has 0 radical (unpaired) electrons. The molecule has 130 valence electrons. The quantitative estimate of drug-likeness (QED) is 0.615. The van der Waals surface area contributed by atoms with Crippen LogP contribution in [-0.4, -0.2) is 24.5 Å². The van der Waals surface area contributed by atoms with Crippen molar-refractivity contribution in [3.63, 3.8) is 0 Å². The highest BCUT2D eigenvalue weighted by Gasteiger charge is 2.11. The van der Waals surface area contributed by atoms with Gasteiger partial charge in [-0.1, -0.05) is 12.1 Å². The maximum absolute atomic E-state index is 12.2. The number of nitrogens with one attached hydrogen (secondary N) is 1. The predicted molar refractivity (Wildman–Crippen MR) is 100 cm³/mol. The Hall–Kier alpha value is -3.48. The van der Waals surface area contributed by atoms with E-state index in [2.05, 4.69) is 26.6 Å². The Balaban J connectivity index is 1.64. The SMILES string of the molecule is CC(Nc1nn(-c2cnn(C)c2)ccc1=O)c1ccc2ncccc2c1. The minimum atomic E-state index is -0.153. The summed E-state index contributed by atoms with van der Waals surface area (Å²) in [6.07, 6.45) is 6.94. The number of hydrogen-bond donors (Lipinski definition) is 1. The molecule has 1 N–H and O–H groups in total. The molecule has 0 bridgehead atoms. The first-order valence-electron chi connectivity index (χ1n) is 8.30. The first-order chi connectivity index (χ1) is 12.6. The lowest BCUT2D eigenvalue weighted by atomic mass is 10.1. The number of hydrogen-bond acceptors (Lipinski definition) is 5. The van der Waals surface area contributed by atoms with Crippen LogP contribution in [0.25, 0.3) is 16.6 Å². The van der Waals surface area contributed by atoms with Gasteiger partial charge in [-0.15, -0.1) is 5.10 Å². The number of anilines is 1. The highest BCUT2D eigenvalue weighted by atomic mass is 16.1. The molecule has 4 rings (SSSR count). The van der Waals surface area contributed by atoms with E-state index in [0.29, 0.717) is 5.82 Å². The van der Waals surface area contributed by atoms with E-state index in [4.69, 9.17) is 0 Å². The Morgan fingerprint density at radius 2 is 2.08 bits per heavy atom. The van der Waals surface area contributed by atoms with Crippen molar-refractivity contribution in [1.29, 1.82) is 0 Å². The second-order valence-corrected chi connectivity index (χ2v) is 6.17. The lowest BCUT2D eigenvalue weighted by Crippen LogP contribution is -2.19. The number of nitrogens with zero attached hydrogens (tertiary/aromatic N) is 5. The van der Waals surface area contributed by atoms with Crippen LogP contribution in [-0.2, 0) is 7.05 Å². The number of benzene rings is 1. The van der Waals surface area contributed by atoms with Crippen molar-refractivity contribution in [2.75, 3.05) is 5.32 Å². The first-order valence-corrected chi connectivity index (χ1v) is 8.30. The average Bonchev–Trinajstić information content (AvgIpc) is 3.09. The summed E-state index contributed by atoms with van der Waals surface area (Å²) in [5.74, 6) is 0.301. The molecule has 4 aromatic rings. The van der Waals surface area contributed by atoms with Crippen LogP contribution in [0.2, 0.25) is 0 Å². The summed E-state index contributed by atoms with van der Waals surface area (Å²) in [4.78, 5) is 16.6. The second-order valence-electron chi connectivity index (χ2n) is 6.17. The molecule has 0 saturated carbocycles. The minimum absolute atomic E-state index is 0.0791. The van der Waals surface area contributed by atoms with Gasteiger partial charge in [-0.3, -0.25) is 14.5 Å². The first kappa shape index (κ1) is 16.0. The number of fused-ring (bicyclic) bond motifs is 1. The highest BCUT2D eigenvalue weighted by molar-refractivity contribution is 5.79. The van der Waals surface area contributed by atoms with Crippen molar-refractivity contribution in [2.24, 2.45) is 7.05 Å². The van der Waals surface area contributed by atoms with Gasteiger partial charge in [0, 0.05) is 30.9 Å². The molecule has 0 aliphatic rings. The van der Waals surface area contributed by atoms with Crippen molar-refractivity contribution in [1.82, 2.24) is 24.5 Å². The van der Waals surface area contributed by atoms with Gasteiger partial charge < -0.3 is 5.32 Å². The Kier molecular flexibility index (Phi) is 3.96. The monoisotopic (exact) mass is 346 g/mol. The number of aromatic nitrogens is 5. The van der Waals surface area contributed by atoms with Crippen LogP contribution in [0.4, 0.5) is 5.82 Å². The molecule has 0 saturated heterocycles. The summed E-state index contributed by atoms with van der Waals surface area (Å²) >= 11 is 0. The van der Waals surface area contributed by atoms with Gasteiger partial charge in [0.1, 0.15) is 5.69 Å². The topological polar surface area (TPSA) is 77.6 Å². The van der Waals surface area contributed by atoms with E-state index in [1.54, 1.807) is 28.0 Å². The van der Waals surface area contributed by atoms with Gasteiger partial charge in [0.25, 0.3) is 0 Å². The normalized spacial score (nSPS) is 12.2. The minimum Gasteiger partial charge on any atom is -0.359 e. The Morgan fingerprint density at radius 3 is 2.88 bits per heavy atom. The Labute approximate surface area is 149 Å². The van der Waals surface area contributed by atoms with Crippen molar-refractivity contribution in [2.45, 2.75) is 13.0 Å². The number of pyridine rings is 1. The molecule has 0 amide bonds. The number of rotatable bonds is 4. The van der Waals surface area contributed by atoms with Crippen LogP contribution in [0.5, 0.6) is 0 Å². The molecule has 26 heavy (non-hydrogen) atoms. The van der Waals surface area contributed by atoms with Crippen molar-refractivity contribution < 1.29 is 0 Å². The molecule has 1 unspecified atom stereocenters. The summed E-state index contributed by atoms with van der Waals surface area (Å²) in [7, 11) is 1.84. The van der Waals surface area contributed by atoms with Gasteiger partial charge in [0.15, 0.2) is 5.82 Å². The van der Waals surface area contributed by atoms with Crippen molar-refractivity contribution in [3.05, 3.63) is 77.0 Å². The van der Waals surface area contributed by atoms with E-state index >= 15 is 0 Å². The van der Waals surface area contributed by atoms with Gasteiger partial charge in [-0.05, 0) is 30.7 Å². The van der Waals surface area contributed by atoms with Crippen LogP contribution in [0.3, 0.4) is 0 Å². The molecule has 0 spiro atoms. The van der Waals surface area contributed by atoms with Crippen LogP contribution >= 0.6 is 0 Å².